The fraction of sp³-hybridized carbons (Fsp3) is 0.333. The summed E-state index contributed by atoms with van der Waals surface area (Å²) in [7, 11) is 0. The van der Waals surface area contributed by atoms with Crippen LogP contribution in [0.3, 0.4) is 0 Å². The Bertz CT molecular complexity index is 532. The van der Waals surface area contributed by atoms with Crippen molar-refractivity contribution < 1.29 is 5.11 Å². The minimum absolute atomic E-state index is 0.534. The molecular weight excluding hydrogens is 216 g/mol. The number of nitrogen functional groups attached to an aromatic ring is 1. The number of aliphatic hydroxyl groups is 1. The highest BCUT2D eigenvalue weighted by molar-refractivity contribution is 5.58. The quantitative estimate of drug-likeness (QED) is 0.725. The summed E-state index contributed by atoms with van der Waals surface area (Å²) in [6.07, 6.45) is 2.05. The maximum absolute atomic E-state index is 9.81. The van der Waals surface area contributed by atoms with E-state index >= 15 is 0 Å². The minimum atomic E-state index is -0.534. The molecule has 0 fully saturated rings. The smallest absolute Gasteiger partial charge is 0.181 e. The Hall–Kier alpha value is -1.88. The Morgan fingerprint density at radius 3 is 2.76 bits per heavy atom. The number of nitrogens with two attached hydrogens (primary N) is 1. The van der Waals surface area contributed by atoms with Crippen molar-refractivity contribution in [3.63, 3.8) is 0 Å². The van der Waals surface area contributed by atoms with Crippen LogP contribution in [0.1, 0.15) is 24.9 Å². The van der Waals surface area contributed by atoms with E-state index < -0.39 is 6.23 Å². The van der Waals surface area contributed by atoms with Gasteiger partial charge in [0.1, 0.15) is 12.1 Å². The van der Waals surface area contributed by atoms with Crippen LogP contribution in [0.2, 0.25) is 0 Å². The molecule has 3 N–H and O–H groups in total. The molecular formula is C12H14N4O. The molecule has 1 atom stereocenters. The SMILES string of the molecule is Nc1ccc(-c2nc3n(n2)C(O)CCC3)cc1. The van der Waals surface area contributed by atoms with E-state index in [-0.39, 0.29) is 0 Å². The second-order valence-corrected chi connectivity index (χ2v) is 4.29. The summed E-state index contributed by atoms with van der Waals surface area (Å²) in [4.78, 5) is 4.45. The molecule has 0 spiro atoms. The highest BCUT2D eigenvalue weighted by atomic mass is 16.3. The predicted octanol–water partition coefficient (Wildman–Crippen LogP) is 1.35. The van der Waals surface area contributed by atoms with Crippen molar-refractivity contribution in [1.82, 2.24) is 14.8 Å². The minimum Gasteiger partial charge on any atom is -0.399 e. The topological polar surface area (TPSA) is 77.0 Å². The van der Waals surface area contributed by atoms with Gasteiger partial charge < -0.3 is 10.8 Å². The molecule has 1 unspecified atom stereocenters. The van der Waals surface area contributed by atoms with Crippen molar-refractivity contribution in [2.24, 2.45) is 0 Å². The fourth-order valence-corrected chi connectivity index (χ4v) is 2.08. The Morgan fingerprint density at radius 2 is 2.06 bits per heavy atom. The van der Waals surface area contributed by atoms with E-state index in [2.05, 4.69) is 10.1 Å². The lowest BCUT2D eigenvalue weighted by molar-refractivity contribution is 0.0648. The molecule has 2 aromatic rings. The maximum atomic E-state index is 9.81. The van der Waals surface area contributed by atoms with E-state index in [4.69, 9.17) is 5.73 Å². The molecule has 1 aromatic heterocycles. The first-order chi connectivity index (χ1) is 8.24. The molecule has 5 nitrogen and oxygen atoms in total. The number of aryl methyl sites for hydroxylation is 1. The average molecular weight is 230 g/mol. The molecule has 0 radical (unpaired) electrons. The van der Waals surface area contributed by atoms with Gasteiger partial charge >= 0.3 is 0 Å². The Morgan fingerprint density at radius 1 is 1.29 bits per heavy atom. The van der Waals surface area contributed by atoms with Gasteiger partial charge in [0, 0.05) is 17.7 Å². The number of aliphatic hydroxyl groups excluding tert-OH is 1. The fourth-order valence-electron chi connectivity index (χ4n) is 2.08. The van der Waals surface area contributed by atoms with Crippen LogP contribution in [0.25, 0.3) is 11.4 Å². The molecule has 3 rings (SSSR count). The number of hydrogen-bond donors (Lipinski definition) is 2. The van der Waals surface area contributed by atoms with Gasteiger partial charge in [-0.15, -0.1) is 5.10 Å². The highest BCUT2D eigenvalue weighted by Gasteiger charge is 2.21. The summed E-state index contributed by atoms with van der Waals surface area (Å²) in [6.45, 7) is 0. The molecule has 1 aromatic carbocycles. The van der Waals surface area contributed by atoms with Crippen LogP contribution in [0, 0.1) is 0 Å². The molecule has 0 saturated carbocycles. The van der Waals surface area contributed by atoms with Gasteiger partial charge in [0.2, 0.25) is 0 Å². The molecule has 0 amide bonds. The van der Waals surface area contributed by atoms with Crippen molar-refractivity contribution in [1.29, 1.82) is 0 Å². The third-order valence-electron chi connectivity index (χ3n) is 3.02. The second kappa shape index (κ2) is 3.85. The van der Waals surface area contributed by atoms with Crippen LogP contribution in [-0.4, -0.2) is 19.9 Å². The molecule has 0 saturated heterocycles. The van der Waals surface area contributed by atoms with Gasteiger partial charge in [-0.2, -0.15) is 0 Å². The van der Waals surface area contributed by atoms with Crippen molar-refractivity contribution in [2.75, 3.05) is 5.73 Å². The van der Waals surface area contributed by atoms with Crippen molar-refractivity contribution in [3.05, 3.63) is 30.1 Å². The number of aromatic nitrogens is 3. The summed E-state index contributed by atoms with van der Waals surface area (Å²) >= 11 is 0. The number of rotatable bonds is 1. The van der Waals surface area contributed by atoms with Crippen LogP contribution < -0.4 is 5.73 Å². The van der Waals surface area contributed by atoms with Gasteiger partial charge in [-0.25, -0.2) is 9.67 Å². The number of fused-ring (bicyclic) bond motifs is 1. The lowest BCUT2D eigenvalue weighted by Crippen LogP contribution is -2.18. The van der Waals surface area contributed by atoms with Crippen molar-refractivity contribution >= 4 is 5.69 Å². The number of hydrogen-bond acceptors (Lipinski definition) is 4. The van der Waals surface area contributed by atoms with Crippen LogP contribution in [0.4, 0.5) is 5.69 Å². The standard InChI is InChI=1S/C12H14N4O/c13-9-6-4-8(5-7-9)12-14-10-2-1-3-11(17)16(10)15-12/h4-7,11,17H,1-3,13H2. The van der Waals surface area contributed by atoms with E-state index in [1.165, 1.54) is 0 Å². The lowest BCUT2D eigenvalue weighted by atomic mass is 10.1. The third-order valence-corrected chi connectivity index (χ3v) is 3.02. The zero-order valence-electron chi connectivity index (χ0n) is 9.37. The first-order valence-electron chi connectivity index (χ1n) is 5.73. The molecule has 1 aliphatic rings. The van der Waals surface area contributed by atoms with Crippen LogP contribution >= 0.6 is 0 Å². The predicted molar refractivity (Wildman–Crippen MR) is 64.1 cm³/mol. The summed E-state index contributed by atoms with van der Waals surface area (Å²) in [5.41, 5.74) is 7.28. The van der Waals surface area contributed by atoms with E-state index in [1.807, 2.05) is 24.3 Å². The first-order valence-corrected chi connectivity index (χ1v) is 5.73. The number of anilines is 1. The summed E-state index contributed by atoms with van der Waals surface area (Å²) in [5, 5.41) is 14.2. The van der Waals surface area contributed by atoms with Gasteiger partial charge in [0.15, 0.2) is 5.82 Å². The molecule has 17 heavy (non-hydrogen) atoms. The molecule has 0 aliphatic carbocycles. The van der Waals surface area contributed by atoms with Crippen molar-refractivity contribution in [2.45, 2.75) is 25.5 Å². The van der Waals surface area contributed by atoms with Gasteiger partial charge in [0.25, 0.3) is 0 Å². The Balaban J connectivity index is 2.02. The first kappa shape index (κ1) is 10.3. The van der Waals surface area contributed by atoms with Crippen LogP contribution in [-0.2, 0) is 6.42 Å². The Labute approximate surface area is 98.9 Å². The zero-order chi connectivity index (χ0) is 11.8. The molecule has 2 heterocycles. The summed E-state index contributed by atoms with van der Waals surface area (Å²) in [5.74, 6) is 1.51. The summed E-state index contributed by atoms with van der Waals surface area (Å²) < 4.78 is 1.62. The van der Waals surface area contributed by atoms with Crippen molar-refractivity contribution in [3.8, 4) is 11.4 Å². The van der Waals surface area contributed by atoms with Crippen LogP contribution in [0.5, 0.6) is 0 Å². The largest absolute Gasteiger partial charge is 0.399 e. The third kappa shape index (κ3) is 1.78. The van der Waals surface area contributed by atoms with Crippen LogP contribution in [0.15, 0.2) is 24.3 Å². The van der Waals surface area contributed by atoms with Gasteiger partial charge in [-0.1, -0.05) is 0 Å². The normalized spacial score (nSPS) is 19.0. The number of nitrogens with zero attached hydrogens (tertiary/aromatic N) is 3. The number of benzene rings is 1. The van der Waals surface area contributed by atoms with E-state index in [1.54, 1.807) is 4.68 Å². The zero-order valence-corrected chi connectivity index (χ0v) is 9.37. The average Bonchev–Trinajstić information content (AvgIpc) is 2.75. The molecule has 5 heteroatoms. The lowest BCUT2D eigenvalue weighted by Gasteiger charge is -2.17. The summed E-state index contributed by atoms with van der Waals surface area (Å²) in [6, 6.07) is 7.43. The Kier molecular flexibility index (Phi) is 2.33. The molecule has 88 valence electrons. The van der Waals surface area contributed by atoms with Gasteiger partial charge in [0.05, 0.1) is 0 Å². The highest BCUT2D eigenvalue weighted by Crippen LogP contribution is 2.24. The van der Waals surface area contributed by atoms with Gasteiger partial charge in [-0.05, 0) is 37.1 Å². The maximum Gasteiger partial charge on any atom is 0.181 e. The molecule has 0 bridgehead atoms. The van der Waals surface area contributed by atoms with E-state index in [0.717, 1.165) is 36.3 Å². The second-order valence-electron chi connectivity index (χ2n) is 4.29. The van der Waals surface area contributed by atoms with Gasteiger partial charge in [-0.3, -0.25) is 0 Å². The van der Waals surface area contributed by atoms with E-state index in [0.29, 0.717) is 5.82 Å². The van der Waals surface area contributed by atoms with E-state index in [9.17, 15) is 5.11 Å². The molecule has 1 aliphatic heterocycles. The monoisotopic (exact) mass is 230 g/mol.